The molecule has 2 rings (SSSR count). The molecule has 1 atom stereocenters. The van der Waals surface area contributed by atoms with E-state index >= 15 is 0 Å². The summed E-state index contributed by atoms with van der Waals surface area (Å²) >= 11 is 0. The fourth-order valence-corrected chi connectivity index (χ4v) is 1.92. The van der Waals surface area contributed by atoms with E-state index in [1.807, 2.05) is 6.07 Å². The van der Waals surface area contributed by atoms with Crippen LogP contribution in [-0.4, -0.2) is 22.5 Å². The Hall–Kier alpha value is -2.73. The van der Waals surface area contributed by atoms with Gasteiger partial charge in [0.2, 0.25) is 0 Å². The first kappa shape index (κ1) is 14.7. The van der Waals surface area contributed by atoms with Gasteiger partial charge < -0.3 is 10.4 Å². The fraction of sp³-hybridized carbons (Fsp3) is 0.133. The Labute approximate surface area is 121 Å². The van der Waals surface area contributed by atoms with Gasteiger partial charge in [0.1, 0.15) is 0 Å². The highest BCUT2D eigenvalue weighted by Gasteiger charge is 2.16. The first-order valence-electron chi connectivity index (χ1n) is 6.33. The molecule has 0 heterocycles. The minimum atomic E-state index is -0.558. The van der Waals surface area contributed by atoms with Gasteiger partial charge in [-0.3, -0.25) is 14.9 Å². The molecule has 0 aliphatic carbocycles. The summed E-state index contributed by atoms with van der Waals surface area (Å²) in [5.74, 6) is -0.471. The standard InChI is InChI=1S/C15H14N2O4/c18-10-14(11-5-2-1-3-6-11)16-15(19)12-7-4-8-13(9-12)17(20)21/h1-9,14,18H,10H2,(H,16,19)/t14-/m1/s1. The Kier molecular flexibility index (Phi) is 4.63. The summed E-state index contributed by atoms with van der Waals surface area (Å²) in [5, 5.41) is 22.8. The smallest absolute Gasteiger partial charge is 0.270 e. The molecule has 2 aromatic carbocycles. The number of benzene rings is 2. The van der Waals surface area contributed by atoms with E-state index in [0.29, 0.717) is 0 Å². The maximum atomic E-state index is 12.1. The van der Waals surface area contributed by atoms with Crippen molar-refractivity contribution in [3.05, 3.63) is 75.8 Å². The van der Waals surface area contributed by atoms with E-state index < -0.39 is 16.9 Å². The highest BCUT2D eigenvalue weighted by atomic mass is 16.6. The van der Waals surface area contributed by atoms with Crippen LogP contribution >= 0.6 is 0 Å². The number of nitro benzene ring substituents is 1. The molecule has 0 bridgehead atoms. The highest BCUT2D eigenvalue weighted by Crippen LogP contribution is 2.16. The van der Waals surface area contributed by atoms with Gasteiger partial charge in [0.05, 0.1) is 17.6 Å². The molecule has 0 saturated heterocycles. The van der Waals surface area contributed by atoms with Gasteiger partial charge in [-0.05, 0) is 11.6 Å². The lowest BCUT2D eigenvalue weighted by molar-refractivity contribution is -0.384. The number of amides is 1. The Bertz CT molecular complexity index is 643. The first-order valence-corrected chi connectivity index (χ1v) is 6.33. The first-order chi connectivity index (χ1) is 10.1. The van der Waals surface area contributed by atoms with E-state index in [4.69, 9.17) is 0 Å². The van der Waals surface area contributed by atoms with E-state index in [-0.39, 0.29) is 17.9 Å². The minimum Gasteiger partial charge on any atom is -0.394 e. The van der Waals surface area contributed by atoms with Crippen molar-refractivity contribution in [1.82, 2.24) is 5.32 Å². The summed E-state index contributed by atoms with van der Waals surface area (Å²) in [6.45, 7) is -0.259. The van der Waals surface area contributed by atoms with E-state index in [0.717, 1.165) is 5.56 Å². The zero-order valence-electron chi connectivity index (χ0n) is 11.1. The molecule has 108 valence electrons. The van der Waals surface area contributed by atoms with Gasteiger partial charge in [-0.25, -0.2) is 0 Å². The average Bonchev–Trinajstić information content (AvgIpc) is 2.53. The predicted octanol–water partition coefficient (Wildman–Crippen LogP) is 2.06. The van der Waals surface area contributed by atoms with Crippen LogP contribution in [0.15, 0.2) is 54.6 Å². The monoisotopic (exact) mass is 286 g/mol. The third-order valence-electron chi connectivity index (χ3n) is 3.01. The van der Waals surface area contributed by atoms with Gasteiger partial charge in [0.25, 0.3) is 11.6 Å². The number of nitrogens with zero attached hydrogens (tertiary/aromatic N) is 1. The molecule has 0 aliphatic rings. The SMILES string of the molecule is O=C(N[C@H](CO)c1ccccc1)c1cccc([N+](=O)[O-])c1. The van der Waals surface area contributed by atoms with Crippen LogP contribution in [0.1, 0.15) is 22.0 Å². The molecule has 0 unspecified atom stereocenters. The summed E-state index contributed by atoms with van der Waals surface area (Å²) in [4.78, 5) is 22.3. The Balaban J connectivity index is 2.17. The van der Waals surface area contributed by atoms with Crippen molar-refractivity contribution >= 4 is 11.6 Å². The van der Waals surface area contributed by atoms with Crippen LogP contribution in [0.4, 0.5) is 5.69 Å². The summed E-state index contributed by atoms with van der Waals surface area (Å²) < 4.78 is 0. The van der Waals surface area contributed by atoms with E-state index in [1.54, 1.807) is 24.3 Å². The number of carbonyl (C=O) groups is 1. The number of hydrogen-bond acceptors (Lipinski definition) is 4. The molecule has 0 radical (unpaired) electrons. The van der Waals surface area contributed by atoms with Crippen LogP contribution in [0.2, 0.25) is 0 Å². The second kappa shape index (κ2) is 6.62. The molecule has 0 aliphatic heterocycles. The summed E-state index contributed by atoms with van der Waals surface area (Å²) in [6.07, 6.45) is 0. The van der Waals surface area contributed by atoms with E-state index in [2.05, 4.69) is 5.32 Å². The minimum absolute atomic E-state index is 0.150. The number of non-ortho nitro benzene ring substituents is 1. The van der Waals surface area contributed by atoms with Gasteiger partial charge >= 0.3 is 0 Å². The lowest BCUT2D eigenvalue weighted by Crippen LogP contribution is -2.30. The molecule has 0 aromatic heterocycles. The van der Waals surface area contributed by atoms with Gasteiger partial charge in [0, 0.05) is 17.7 Å². The molecular formula is C15H14N2O4. The topological polar surface area (TPSA) is 92.5 Å². The average molecular weight is 286 g/mol. The van der Waals surface area contributed by atoms with Crippen molar-refractivity contribution < 1.29 is 14.8 Å². The van der Waals surface area contributed by atoms with Crippen LogP contribution in [-0.2, 0) is 0 Å². The van der Waals surface area contributed by atoms with Crippen molar-refractivity contribution in [3.63, 3.8) is 0 Å². The van der Waals surface area contributed by atoms with Crippen molar-refractivity contribution in [2.75, 3.05) is 6.61 Å². The molecule has 2 N–H and O–H groups in total. The molecular weight excluding hydrogens is 272 g/mol. The molecule has 0 saturated carbocycles. The third-order valence-corrected chi connectivity index (χ3v) is 3.01. The van der Waals surface area contributed by atoms with Crippen molar-refractivity contribution in [3.8, 4) is 0 Å². The van der Waals surface area contributed by atoms with Gasteiger partial charge in [0.15, 0.2) is 0 Å². The van der Waals surface area contributed by atoms with Crippen molar-refractivity contribution in [2.24, 2.45) is 0 Å². The Morgan fingerprint density at radius 2 is 1.90 bits per heavy atom. The second-order valence-corrected chi connectivity index (χ2v) is 4.43. The van der Waals surface area contributed by atoms with Gasteiger partial charge in [-0.15, -0.1) is 0 Å². The highest BCUT2D eigenvalue weighted by molar-refractivity contribution is 5.95. The molecule has 0 fully saturated rings. The zero-order valence-corrected chi connectivity index (χ0v) is 11.1. The Morgan fingerprint density at radius 1 is 1.19 bits per heavy atom. The van der Waals surface area contributed by atoms with Gasteiger partial charge in [-0.1, -0.05) is 36.4 Å². The molecule has 6 heteroatoms. The summed E-state index contributed by atoms with van der Waals surface area (Å²) in [7, 11) is 0. The number of aliphatic hydroxyl groups is 1. The normalized spacial score (nSPS) is 11.7. The van der Waals surface area contributed by atoms with Crippen LogP contribution in [0.3, 0.4) is 0 Å². The Morgan fingerprint density at radius 3 is 2.52 bits per heavy atom. The lowest BCUT2D eigenvalue weighted by Gasteiger charge is -2.16. The molecule has 21 heavy (non-hydrogen) atoms. The van der Waals surface area contributed by atoms with Crippen LogP contribution in [0.5, 0.6) is 0 Å². The number of hydrogen-bond donors (Lipinski definition) is 2. The largest absolute Gasteiger partial charge is 0.394 e. The van der Waals surface area contributed by atoms with Crippen LogP contribution < -0.4 is 5.32 Å². The third kappa shape index (κ3) is 3.64. The summed E-state index contributed by atoms with van der Waals surface area (Å²) in [5.41, 5.74) is 0.792. The van der Waals surface area contributed by atoms with Crippen LogP contribution in [0, 0.1) is 10.1 Å². The molecule has 0 spiro atoms. The molecule has 6 nitrogen and oxygen atoms in total. The van der Waals surface area contributed by atoms with E-state index in [9.17, 15) is 20.0 Å². The van der Waals surface area contributed by atoms with Gasteiger partial charge in [-0.2, -0.15) is 0 Å². The van der Waals surface area contributed by atoms with E-state index in [1.165, 1.54) is 24.3 Å². The fourth-order valence-electron chi connectivity index (χ4n) is 1.92. The lowest BCUT2D eigenvalue weighted by atomic mass is 10.1. The zero-order chi connectivity index (χ0) is 15.2. The molecule has 2 aromatic rings. The predicted molar refractivity (Wildman–Crippen MR) is 76.8 cm³/mol. The maximum Gasteiger partial charge on any atom is 0.270 e. The number of aliphatic hydroxyl groups excluding tert-OH is 1. The van der Waals surface area contributed by atoms with Crippen molar-refractivity contribution in [2.45, 2.75) is 6.04 Å². The quantitative estimate of drug-likeness (QED) is 0.650. The van der Waals surface area contributed by atoms with Crippen molar-refractivity contribution in [1.29, 1.82) is 0 Å². The number of nitrogens with one attached hydrogen (secondary N) is 1. The maximum absolute atomic E-state index is 12.1. The molecule has 1 amide bonds. The number of rotatable bonds is 5. The van der Waals surface area contributed by atoms with Crippen LogP contribution in [0.25, 0.3) is 0 Å². The number of nitro groups is 1. The number of carbonyl (C=O) groups excluding carboxylic acids is 1. The second-order valence-electron chi connectivity index (χ2n) is 4.43. The summed E-state index contributed by atoms with van der Waals surface area (Å²) in [6, 6.07) is 13.9.